The van der Waals surface area contributed by atoms with Crippen LogP contribution in [0.2, 0.25) is 0 Å². The van der Waals surface area contributed by atoms with E-state index in [2.05, 4.69) is 11.6 Å². The Kier molecular flexibility index (Phi) is 3.93. The lowest BCUT2D eigenvalue weighted by molar-refractivity contribution is 0.336. The molecule has 0 saturated heterocycles. The molecule has 1 fully saturated rings. The lowest BCUT2D eigenvalue weighted by Crippen LogP contribution is -2.34. The van der Waals surface area contributed by atoms with E-state index in [0.29, 0.717) is 12.1 Å². The number of hydrogen-bond donors (Lipinski definition) is 1. The highest BCUT2D eigenvalue weighted by Gasteiger charge is 2.30. The van der Waals surface area contributed by atoms with Gasteiger partial charge in [-0.1, -0.05) is 25.8 Å². The molecule has 1 aliphatic rings. The van der Waals surface area contributed by atoms with Crippen molar-refractivity contribution in [3.63, 3.8) is 0 Å². The van der Waals surface area contributed by atoms with Gasteiger partial charge in [-0.15, -0.1) is 0 Å². The molecular formula is C14H18N2O2S. The van der Waals surface area contributed by atoms with Crippen molar-refractivity contribution in [2.45, 2.75) is 37.5 Å². The Labute approximate surface area is 114 Å². The van der Waals surface area contributed by atoms with Crippen molar-refractivity contribution in [3.8, 4) is 6.07 Å². The zero-order valence-corrected chi connectivity index (χ0v) is 11.8. The number of nitriles is 1. The van der Waals surface area contributed by atoms with Crippen molar-refractivity contribution in [1.82, 2.24) is 4.72 Å². The predicted molar refractivity (Wildman–Crippen MR) is 72.9 cm³/mol. The SMILES string of the molecule is CC1(CNS(=O)(=O)c2cccc(C#N)c2)CCCC1. The standard InChI is InChI=1S/C14H18N2O2S/c1-14(7-2-3-8-14)11-16-19(17,18)13-6-4-5-12(9-13)10-15/h4-6,9,16H,2-3,7-8,11H2,1H3. The highest BCUT2D eigenvalue weighted by atomic mass is 32.2. The first kappa shape index (κ1) is 14.0. The fourth-order valence-corrected chi connectivity index (χ4v) is 3.74. The van der Waals surface area contributed by atoms with E-state index in [1.165, 1.54) is 25.0 Å². The summed E-state index contributed by atoms with van der Waals surface area (Å²) in [7, 11) is -3.52. The molecule has 0 radical (unpaired) electrons. The number of benzene rings is 1. The first-order chi connectivity index (χ1) is 8.95. The third-order valence-electron chi connectivity index (χ3n) is 3.77. The summed E-state index contributed by atoms with van der Waals surface area (Å²) in [6.45, 7) is 2.58. The van der Waals surface area contributed by atoms with Crippen molar-refractivity contribution in [3.05, 3.63) is 29.8 Å². The molecule has 4 nitrogen and oxygen atoms in total. The van der Waals surface area contributed by atoms with Crippen molar-refractivity contribution in [2.24, 2.45) is 5.41 Å². The van der Waals surface area contributed by atoms with Crippen molar-refractivity contribution in [2.75, 3.05) is 6.54 Å². The Bertz CT molecular complexity index is 596. The Morgan fingerprint density at radius 2 is 2.05 bits per heavy atom. The molecule has 102 valence electrons. The van der Waals surface area contributed by atoms with Gasteiger partial charge < -0.3 is 0 Å². The molecule has 0 heterocycles. The topological polar surface area (TPSA) is 70.0 Å². The summed E-state index contributed by atoms with van der Waals surface area (Å²) in [5.41, 5.74) is 0.426. The molecule has 1 N–H and O–H groups in total. The smallest absolute Gasteiger partial charge is 0.211 e. The first-order valence-corrected chi connectivity index (χ1v) is 7.93. The monoisotopic (exact) mass is 278 g/mol. The molecule has 0 amide bonds. The van der Waals surface area contributed by atoms with E-state index in [-0.39, 0.29) is 10.3 Å². The summed E-state index contributed by atoms with van der Waals surface area (Å²) in [5, 5.41) is 8.81. The molecule has 0 bridgehead atoms. The van der Waals surface area contributed by atoms with Crippen LogP contribution in [0.15, 0.2) is 29.2 Å². The largest absolute Gasteiger partial charge is 0.240 e. The molecule has 0 atom stereocenters. The number of hydrogen-bond acceptors (Lipinski definition) is 3. The van der Waals surface area contributed by atoms with Crippen LogP contribution in [0.3, 0.4) is 0 Å². The Morgan fingerprint density at radius 3 is 2.68 bits per heavy atom. The third kappa shape index (κ3) is 3.34. The zero-order valence-electron chi connectivity index (χ0n) is 11.0. The second-order valence-electron chi connectivity index (χ2n) is 5.48. The van der Waals surface area contributed by atoms with Crippen molar-refractivity contribution < 1.29 is 8.42 Å². The molecule has 5 heteroatoms. The molecular weight excluding hydrogens is 260 g/mol. The molecule has 1 saturated carbocycles. The Balaban J connectivity index is 2.12. The zero-order chi connectivity index (χ0) is 13.9. The number of sulfonamides is 1. The number of nitrogens with zero attached hydrogens (tertiary/aromatic N) is 1. The van der Waals surface area contributed by atoms with Gasteiger partial charge in [0.2, 0.25) is 10.0 Å². The van der Waals surface area contributed by atoms with Crippen LogP contribution in [0.4, 0.5) is 0 Å². The average molecular weight is 278 g/mol. The fraction of sp³-hybridized carbons (Fsp3) is 0.500. The van der Waals surface area contributed by atoms with E-state index in [0.717, 1.165) is 12.8 Å². The van der Waals surface area contributed by atoms with Crippen LogP contribution >= 0.6 is 0 Å². The van der Waals surface area contributed by atoms with Gasteiger partial charge in [0, 0.05) is 6.54 Å². The van der Waals surface area contributed by atoms with E-state index >= 15 is 0 Å². The van der Waals surface area contributed by atoms with Gasteiger partial charge in [-0.3, -0.25) is 0 Å². The molecule has 0 aromatic heterocycles. The highest BCUT2D eigenvalue weighted by Crippen LogP contribution is 2.36. The second kappa shape index (κ2) is 5.32. The van der Waals surface area contributed by atoms with Crippen LogP contribution in [-0.2, 0) is 10.0 Å². The van der Waals surface area contributed by atoms with Gasteiger partial charge in [0.15, 0.2) is 0 Å². The van der Waals surface area contributed by atoms with Crippen LogP contribution in [0.5, 0.6) is 0 Å². The minimum absolute atomic E-state index is 0.0694. The number of rotatable bonds is 4. The van der Waals surface area contributed by atoms with E-state index in [1.807, 2.05) is 6.07 Å². The van der Waals surface area contributed by atoms with Gasteiger partial charge in [-0.05, 0) is 36.5 Å². The molecule has 0 aliphatic heterocycles. The lowest BCUT2D eigenvalue weighted by Gasteiger charge is -2.23. The quantitative estimate of drug-likeness (QED) is 0.919. The van der Waals surface area contributed by atoms with Gasteiger partial charge in [-0.2, -0.15) is 5.26 Å². The van der Waals surface area contributed by atoms with Gasteiger partial charge in [-0.25, -0.2) is 13.1 Å². The molecule has 1 aliphatic carbocycles. The number of nitrogens with one attached hydrogen (secondary N) is 1. The molecule has 0 spiro atoms. The van der Waals surface area contributed by atoms with Crippen molar-refractivity contribution >= 4 is 10.0 Å². The fourth-order valence-electron chi connectivity index (χ4n) is 2.49. The maximum Gasteiger partial charge on any atom is 0.240 e. The summed E-state index contributed by atoms with van der Waals surface area (Å²) < 4.78 is 27.0. The second-order valence-corrected chi connectivity index (χ2v) is 7.25. The van der Waals surface area contributed by atoms with Gasteiger partial charge in [0.05, 0.1) is 16.5 Å². The van der Waals surface area contributed by atoms with Gasteiger partial charge in [0.25, 0.3) is 0 Å². The van der Waals surface area contributed by atoms with E-state index in [1.54, 1.807) is 12.1 Å². The molecule has 2 rings (SSSR count). The predicted octanol–water partition coefficient (Wildman–Crippen LogP) is 2.42. The van der Waals surface area contributed by atoms with Crippen LogP contribution in [-0.4, -0.2) is 15.0 Å². The minimum atomic E-state index is -3.52. The molecule has 1 aromatic carbocycles. The lowest BCUT2D eigenvalue weighted by atomic mass is 9.89. The van der Waals surface area contributed by atoms with Crippen LogP contribution in [0.25, 0.3) is 0 Å². The Hall–Kier alpha value is -1.38. The van der Waals surface area contributed by atoms with E-state index < -0.39 is 10.0 Å². The van der Waals surface area contributed by atoms with Crippen molar-refractivity contribution in [1.29, 1.82) is 5.26 Å². The normalized spacial score (nSPS) is 18.1. The maximum absolute atomic E-state index is 12.2. The molecule has 1 aromatic rings. The summed E-state index contributed by atoms with van der Waals surface area (Å²) >= 11 is 0. The van der Waals surface area contributed by atoms with E-state index in [4.69, 9.17) is 5.26 Å². The van der Waals surface area contributed by atoms with Gasteiger partial charge >= 0.3 is 0 Å². The van der Waals surface area contributed by atoms with Crippen LogP contribution < -0.4 is 4.72 Å². The van der Waals surface area contributed by atoms with Gasteiger partial charge in [0.1, 0.15) is 0 Å². The summed E-state index contributed by atoms with van der Waals surface area (Å²) in [6.07, 6.45) is 4.46. The summed E-state index contributed by atoms with van der Waals surface area (Å²) in [4.78, 5) is 0.160. The Morgan fingerprint density at radius 1 is 1.37 bits per heavy atom. The minimum Gasteiger partial charge on any atom is -0.211 e. The summed E-state index contributed by atoms with van der Waals surface area (Å²) in [5.74, 6) is 0. The van der Waals surface area contributed by atoms with Crippen LogP contribution in [0, 0.1) is 16.7 Å². The van der Waals surface area contributed by atoms with E-state index in [9.17, 15) is 8.42 Å². The maximum atomic E-state index is 12.2. The average Bonchev–Trinajstić information content (AvgIpc) is 2.84. The van der Waals surface area contributed by atoms with Crippen LogP contribution in [0.1, 0.15) is 38.2 Å². The third-order valence-corrected chi connectivity index (χ3v) is 5.17. The highest BCUT2D eigenvalue weighted by molar-refractivity contribution is 7.89. The summed E-state index contributed by atoms with van der Waals surface area (Å²) in [6, 6.07) is 8.05. The molecule has 0 unspecified atom stereocenters. The molecule has 19 heavy (non-hydrogen) atoms. The first-order valence-electron chi connectivity index (χ1n) is 6.45.